The Balaban J connectivity index is 2.25. The second-order valence-corrected chi connectivity index (χ2v) is 3.26. The molecule has 1 nitrogen and oxygen atoms in total. The molecule has 2 rings (SSSR count). The van der Waals surface area contributed by atoms with Gasteiger partial charge in [0.15, 0.2) is 0 Å². The number of benzene rings is 1. The van der Waals surface area contributed by atoms with Crippen LogP contribution in [0.4, 0.5) is 5.69 Å². The predicted octanol–water partition coefficient (Wildman–Crippen LogP) is 2.88. The molecular formula is C12H13N. The van der Waals surface area contributed by atoms with Crippen molar-refractivity contribution in [1.29, 1.82) is 0 Å². The first-order valence-corrected chi connectivity index (χ1v) is 4.53. The van der Waals surface area contributed by atoms with Gasteiger partial charge in [-0.1, -0.05) is 24.3 Å². The minimum atomic E-state index is 0.972. The Kier molecular flexibility index (Phi) is 2.17. The molecule has 0 aliphatic carbocycles. The third-order valence-corrected chi connectivity index (χ3v) is 2.15. The van der Waals surface area contributed by atoms with Crippen molar-refractivity contribution in [1.82, 2.24) is 0 Å². The third-order valence-electron chi connectivity index (χ3n) is 2.15. The van der Waals surface area contributed by atoms with Gasteiger partial charge in [-0.25, -0.2) is 0 Å². The second-order valence-electron chi connectivity index (χ2n) is 3.26. The molecule has 1 heteroatoms. The summed E-state index contributed by atoms with van der Waals surface area (Å²) in [6, 6.07) is 8.55. The van der Waals surface area contributed by atoms with Crippen molar-refractivity contribution in [3.05, 3.63) is 54.3 Å². The number of allylic oxidation sites excluding steroid dienone is 2. The van der Waals surface area contributed by atoms with Crippen LogP contribution >= 0.6 is 0 Å². The SMILES string of the molecule is Cc1cccc(N2C=CC=CC2)c1. The molecule has 0 atom stereocenters. The highest BCUT2D eigenvalue weighted by Crippen LogP contribution is 2.17. The van der Waals surface area contributed by atoms with Crippen LogP contribution in [0, 0.1) is 6.92 Å². The lowest BCUT2D eigenvalue weighted by molar-refractivity contribution is 1.07. The highest BCUT2D eigenvalue weighted by atomic mass is 15.1. The smallest absolute Gasteiger partial charge is 0.0411 e. The summed E-state index contributed by atoms with van der Waals surface area (Å²) in [6.45, 7) is 3.09. The van der Waals surface area contributed by atoms with Crippen molar-refractivity contribution in [3.8, 4) is 0 Å². The summed E-state index contributed by atoms with van der Waals surface area (Å²) in [5, 5.41) is 0. The van der Waals surface area contributed by atoms with Gasteiger partial charge in [0.2, 0.25) is 0 Å². The van der Waals surface area contributed by atoms with Gasteiger partial charge in [-0.3, -0.25) is 0 Å². The van der Waals surface area contributed by atoms with Crippen molar-refractivity contribution in [2.75, 3.05) is 11.4 Å². The van der Waals surface area contributed by atoms with Gasteiger partial charge in [0.1, 0.15) is 0 Å². The zero-order valence-electron chi connectivity index (χ0n) is 7.77. The molecule has 0 fully saturated rings. The molecule has 0 spiro atoms. The van der Waals surface area contributed by atoms with Gasteiger partial charge in [0, 0.05) is 18.4 Å². The monoisotopic (exact) mass is 171 g/mol. The number of rotatable bonds is 1. The van der Waals surface area contributed by atoms with Crippen LogP contribution in [-0.2, 0) is 0 Å². The van der Waals surface area contributed by atoms with Crippen LogP contribution < -0.4 is 4.90 Å². The second kappa shape index (κ2) is 3.48. The van der Waals surface area contributed by atoms with Gasteiger partial charge in [-0.2, -0.15) is 0 Å². The number of nitrogens with zero attached hydrogens (tertiary/aromatic N) is 1. The van der Waals surface area contributed by atoms with Crippen molar-refractivity contribution < 1.29 is 0 Å². The molecule has 0 N–H and O–H groups in total. The van der Waals surface area contributed by atoms with Crippen LogP contribution in [-0.4, -0.2) is 6.54 Å². The predicted molar refractivity (Wildman–Crippen MR) is 56.8 cm³/mol. The van der Waals surface area contributed by atoms with E-state index in [0.717, 1.165) is 6.54 Å². The quantitative estimate of drug-likeness (QED) is 0.628. The summed E-state index contributed by atoms with van der Waals surface area (Å²) in [7, 11) is 0. The fraction of sp³-hybridized carbons (Fsp3) is 0.167. The molecule has 0 saturated carbocycles. The summed E-state index contributed by atoms with van der Waals surface area (Å²) < 4.78 is 0. The molecule has 1 aromatic rings. The maximum absolute atomic E-state index is 2.23. The maximum atomic E-state index is 2.23. The van der Waals surface area contributed by atoms with Crippen LogP contribution in [0.5, 0.6) is 0 Å². The summed E-state index contributed by atoms with van der Waals surface area (Å²) >= 11 is 0. The molecule has 0 radical (unpaired) electrons. The fourth-order valence-corrected chi connectivity index (χ4v) is 1.47. The molecule has 1 aliphatic rings. The van der Waals surface area contributed by atoms with Gasteiger partial charge < -0.3 is 4.90 Å². The van der Waals surface area contributed by atoms with Crippen LogP contribution in [0.2, 0.25) is 0 Å². The van der Waals surface area contributed by atoms with E-state index in [-0.39, 0.29) is 0 Å². The molecule has 1 aromatic carbocycles. The molecule has 0 amide bonds. The van der Waals surface area contributed by atoms with E-state index in [1.807, 2.05) is 0 Å². The lowest BCUT2D eigenvalue weighted by Crippen LogP contribution is -2.17. The van der Waals surface area contributed by atoms with E-state index in [0.29, 0.717) is 0 Å². The minimum Gasteiger partial charge on any atom is -0.344 e. The van der Waals surface area contributed by atoms with Crippen molar-refractivity contribution in [2.45, 2.75) is 6.92 Å². The Morgan fingerprint density at radius 2 is 2.15 bits per heavy atom. The number of aryl methyl sites for hydroxylation is 1. The van der Waals surface area contributed by atoms with Gasteiger partial charge in [-0.15, -0.1) is 0 Å². The van der Waals surface area contributed by atoms with E-state index in [1.54, 1.807) is 0 Å². The van der Waals surface area contributed by atoms with Crippen LogP contribution in [0.25, 0.3) is 0 Å². The first-order valence-electron chi connectivity index (χ1n) is 4.53. The average Bonchev–Trinajstić information content (AvgIpc) is 2.19. The van der Waals surface area contributed by atoms with Gasteiger partial charge >= 0.3 is 0 Å². The van der Waals surface area contributed by atoms with Crippen LogP contribution in [0.1, 0.15) is 5.56 Å². The zero-order valence-corrected chi connectivity index (χ0v) is 7.77. The van der Waals surface area contributed by atoms with Crippen LogP contribution in [0.3, 0.4) is 0 Å². The standard InChI is InChI=1S/C12H13N/c1-11-6-5-7-12(10-11)13-8-3-2-4-9-13/h2-8,10H,9H2,1H3. The van der Waals surface area contributed by atoms with Crippen molar-refractivity contribution in [3.63, 3.8) is 0 Å². The van der Waals surface area contributed by atoms with Crippen LogP contribution in [0.15, 0.2) is 48.7 Å². The van der Waals surface area contributed by atoms with E-state index in [4.69, 9.17) is 0 Å². The number of hydrogen-bond acceptors (Lipinski definition) is 1. The fourth-order valence-electron chi connectivity index (χ4n) is 1.47. The van der Waals surface area contributed by atoms with Crippen molar-refractivity contribution in [2.24, 2.45) is 0 Å². The van der Waals surface area contributed by atoms with E-state index >= 15 is 0 Å². The minimum absolute atomic E-state index is 0.972. The molecule has 66 valence electrons. The van der Waals surface area contributed by atoms with E-state index in [9.17, 15) is 0 Å². The third kappa shape index (κ3) is 1.81. The highest BCUT2D eigenvalue weighted by Gasteiger charge is 2.01. The van der Waals surface area contributed by atoms with E-state index in [2.05, 4.69) is 60.5 Å². The Labute approximate surface area is 79.0 Å². The van der Waals surface area contributed by atoms with Crippen molar-refractivity contribution >= 4 is 5.69 Å². The molecule has 1 aliphatic heterocycles. The number of anilines is 1. The lowest BCUT2D eigenvalue weighted by Gasteiger charge is -2.20. The molecule has 0 unspecified atom stereocenters. The van der Waals surface area contributed by atoms with Gasteiger partial charge in [0.25, 0.3) is 0 Å². The summed E-state index contributed by atoms with van der Waals surface area (Å²) in [5.41, 5.74) is 2.57. The average molecular weight is 171 g/mol. The molecule has 1 heterocycles. The Bertz CT molecular complexity index is 350. The molecule has 0 aromatic heterocycles. The Hall–Kier alpha value is -1.50. The molecule has 0 bridgehead atoms. The number of hydrogen-bond donors (Lipinski definition) is 0. The Morgan fingerprint density at radius 1 is 1.23 bits per heavy atom. The zero-order chi connectivity index (χ0) is 9.10. The van der Waals surface area contributed by atoms with E-state index in [1.165, 1.54) is 11.3 Å². The summed E-state index contributed by atoms with van der Waals surface area (Å²) in [4.78, 5) is 2.23. The molecule has 0 saturated heterocycles. The summed E-state index contributed by atoms with van der Waals surface area (Å²) in [6.07, 6.45) is 8.40. The topological polar surface area (TPSA) is 3.24 Å². The first kappa shape index (κ1) is 8.11. The van der Waals surface area contributed by atoms with E-state index < -0.39 is 0 Å². The normalized spacial score (nSPS) is 15.0. The molecular weight excluding hydrogens is 158 g/mol. The maximum Gasteiger partial charge on any atom is 0.0411 e. The molecule has 13 heavy (non-hydrogen) atoms. The lowest BCUT2D eigenvalue weighted by atomic mass is 10.2. The van der Waals surface area contributed by atoms with Gasteiger partial charge in [0.05, 0.1) is 0 Å². The largest absolute Gasteiger partial charge is 0.344 e. The summed E-state index contributed by atoms with van der Waals surface area (Å²) in [5.74, 6) is 0. The Morgan fingerprint density at radius 3 is 2.85 bits per heavy atom. The first-order chi connectivity index (χ1) is 6.36. The van der Waals surface area contributed by atoms with Gasteiger partial charge in [-0.05, 0) is 30.7 Å². The highest BCUT2D eigenvalue weighted by molar-refractivity contribution is 5.52.